The van der Waals surface area contributed by atoms with Crippen molar-refractivity contribution in [1.29, 1.82) is 0 Å². The molecule has 2 aliphatic heterocycles. The molecule has 0 radical (unpaired) electrons. The molecule has 1 saturated heterocycles. The first-order valence-corrected chi connectivity index (χ1v) is 10.6. The fourth-order valence-corrected chi connectivity index (χ4v) is 5.53. The van der Waals surface area contributed by atoms with Crippen LogP contribution >= 0.6 is 22.7 Å². The number of hydrogen-bond donors (Lipinski definition) is 0. The fourth-order valence-electron chi connectivity index (χ4n) is 4.19. The van der Waals surface area contributed by atoms with Gasteiger partial charge in [-0.25, -0.2) is 4.98 Å². The van der Waals surface area contributed by atoms with Crippen molar-refractivity contribution in [2.75, 3.05) is 13.1 Å². The molecule has 1 fully saturated rings. The lowest BCUT2D eigenvalue weighted by Crippen LogP contribution is -2.49. The van der Waals surface area contributed by atoms with Crippen molar-refractivity contribution >= 4 is 28.6 Å². The number of nitrogens with zero attached hydrogens (tertiary/aromatic N) is 4. The minimum absolute atomic E-state index is 0.125. The van der Waals surface area contributed by atoms with E-state index in [0.717, 1.165) is 36.0 Å². The predicted octanol–water partition coefficient (Wildman–Crippen LogP) is 3.40. The Kier molecular flexibility index (Phi) is 3.95. The zero-order valence-corrected chi connectivity index (χ0v) is 16.2. The number of fused-ring (bicyclic) bond motifs is 3. The zero-order valence-electron chi connectivity index (χ0n) is 14.5. The highest BCUT2D eigenvalue weighted by Crippen LogP contribution is 2.35. The van der Waals surface area contributed by atoms with Crippen LogP contribution in [-0.4, -0.2) is 44.4 Å². The Hall–Kier alpha value is -1.96. The summed E-state index contributed by atoms with van der Waals surface area (Å²) in [6, 6.07) is 8.74. The van der Waals surface area contributed by atoms with Crippen molar-refractivity contribution in [2.24, 2.45) is 0 Å². The molecule has 26 heavy (non-hydrogen) atoms. The number of amides is 1. The third-order valence-electron chi connectivity index (χ3n) is 5.31. The zero-order chi connectivity index (χ0) is 17.7. The average Bonchev–Trinajstić information content (AvgIpc) is 3.39. The lowest BCUT2D eigenvalue weighted by molar-refractivity contribution is 0.0554. The molecule has 5 nitrogen and oxygen atoms in total. The number of carbonyl (C=O) groups excluding carboxylic acids is 1. The summed E-state index contributed by atoms with van der Waals surface area (Å²) in [7, 11) is 0. The first-order chi connectivity index (χ1) is 12.7. The van der Waals surface area contributed by atoms with Crippen LogP contribution in [0.15, 0.2) is 41.2 Å². The molecule has 0 N–H and O–H groups in total. The minimum atomic E-state index is 0.125. The van der Waals surface area contributed by atoms with Gasteiger partial charge in [0.05, 0.1) is 29.3 Å². The smallest absolute Gasteiger partial charge is 0.271 e. The van der Waals surface area contributed by atoms with Gasteiger partial charge in [0.25, 0.3) is 5.91 Å². The summed E-state index contributed by atoms with van der Waals surface area (Å²) < 4.78 is 2.18. The Morgan fingerprint density at radius 3 is 2.81 bits per heavy atom. The summed E-state index contributed by atoms with van der Waals surface area (Å²) in [5.74, 6) is 0.125. The van der Waals surface area contributed by atoms with E-state index in [0.29, 0.717) is 12.6 Å². The molecule has 5 rings (SSSR count). The number of aromatic nitrogens is 2. The van der Waals surface area contributed by atoms with Crippen LogP contribution in [0.2, 0.25) is 0 Å². The van der Waals surface area contributed by atoms with Gasteiger partial charge in [-0.15, -0.1) is 22.7 Å². The van der Waals surface area contributed by atoms with Crippen molar-refractivity contribution in [3.8, 4) is 0 Å². The summed E-state index contributed by atoms with van der Waals surface area (Å²) >= 11 is 3.45. The van der Waals surface area contributed by atoms with Crippen molar-refractivity contribution < 1.29 is 4.79 Å². The Morgan fingerprint density at radius 2 is 2.04 bits per heavy atom. The maximum Gasteiger partial charge on any atom is 0.271 e. The number of hydrogen-bond acceptors (Lipinski definition) is 5. The van der Waals surface area contributed by atoms with Crippen LogP contribution in [0.5, 0.6) is 0 Å². The van der Waals surface area contributed by atoms with Crippen LogP contribution in [0.3, 0.4) is 0 Å². The predicted molar refractivity (Wildman–Crippen MR) is 104 cm³/mol. The van der Waals surface area contributed by atoms with E-state index in [1.54, 1.807) is 22.7 Å². The molecule has 7 heteroatoms. The molecule has 0 spiro atoms. The van der Waals surface area contributed by atoms with E-state index in [9.17, 15) is 4.79 Å². The SMILES string of the molecule is Cc1nc(CN2C(=O)c3cccn3[C@H]3CN(Cc4cccs4)C[C@H]32)cs1. The van der Waals surface area contributed by atoms with E-state index < -0.39 is 0 Å². The first kappa shape index (κ1) is 16.2. The monoisotopic (exact) mass is 384 g/mol. The van der Waals surface area contributed by atoms with Crippen molar-refractivity contribution in [3.05, 3.63) is 62.5 Å². The van der Waals surface area contributed by atoms with Crippen molar-refractivity contribution in [1.82, 2.24) is 19.4 Å². The molecule has 1 amide bonds. The van der Waals surface area contributed by atoms with E-state index >= 15 is 0 Å². The third-order valence-corrected chi connectivity index (χ3v) is 6.99. The normalized spacial score (nSPS) is 22.7. The summed E-state index contributed by atoms with van der Waals surface area (Å²) in [6.45, 7) is 5.46. The van der Waals surface area contributed by atoms with Gasteiger partial charge in [0.15, 0.2) is 0 Å². The molecule has 0 saturated carbocycles. The molecule has 2 atom stereocenters. The number of aryl methyl sites for hydroxylation is 1. The summed E-state index contributed by atoms with van der Waals surface area (Å²) in [5.41, 5.74) is 1.80. The lowest BCUT2D eigenvalue weighted by Gasteiger charge is -2.38. The molecule has 0 unspecified atom stereocenters. The van der Waals surface area contributed by atoms with Crippen LogP contribution in [0.1, 0.15) is 32.1 Å². The number of thiophene rings is 1. The van der Waals surface area contributed by atoms with Gasteiger partial charge in [-0.1, -0.05) is 6.07 Å². The largest absolute Gasteiger partial charge is 0.337 e. The Labute approximate surface area is 160 Å². The Balaban J connectivity index is 1.45. The second kappa shape index (κ2) is 6.33. The number of thiazole rings is 1. The standard InChI is InChI=1S/C19H20N4OS2/c1-13-20-14(12-26-13)8-23-18-11-21(9-15-4-3-7-25-15)10-17(18)22-6-2-5-16(22)19(23)24/h2-7,12,17-18H,8-11H2,1H3/t17-,18+/m0/s1. The number of likely N-dealkylation sites (tertiary alicyclic amines) is 1. The maximum absolute atomic E-state index is 13.1. The van der Waals surface area contributed by atoms with E-state index in [2.05, 4.69) is 43.5 Å². The first-order valence-electron chi connectivity index (χ1n) is 8.82. The van der Waals surface area contributed by atoms with Crippen molar-refractivity contribution in [3.63, 3.8) is 0 Å². The second-order valence-corrected chi connectivity index (χ2v) is 9.09. The van der Waals surface area contributed by atoms with E-state index in [4.69, 9.17) is 0 Å². The van der Waals surface area contributed by atoms with Gasteiger partial charge in [0.1, 0.15) is 5.69 Å². The lowest BCUT2D eigenvalue weighted by atomic mass is 10.1. The van der Waals surface area contributed by atoms with E-state index in [1.807, 2.05) is 24.0 Å². The van der Waals surface area contributed by atoms with Crippen molar-refractivity contribution in [2.45, 2.75) is 32.1 Å². The van der Waals surface area contributed by atoms with Gasteiger partial charge in [-0.2, -0.15) is 0 Å². The molecule has 2 aliphatic rings. The number of rotatable bonds is 4. The Morgan fingerprint density at radius 1 is 1.15 bits per heavy atom. The molecule has 5 heterocycles. The van der Waals surface area contributed by atoms with Crippen LogP contribution in [0.4, 0.5) is 0 Å². The molecule has 134 valence electrons. The van der Waals surface area contributed by atoms with Crippen LogP contribution in [0, 0.1) is 6.92 Å². The molecular formula is C19H20N4OS2. The highest BCUT2D eigenvalue weighted by Gasteiger charge is 2.45. The van der Waals surface area contributed by atoms with Gasteiger partial charge in [0, 0.05) is 36.1 Å². The average molecular weight is 385 g/mol. The topological polar surface area (TPSA) is 41.4 Å². The summed E-state index contributed by atoms with van der Waals surface area (Å²) in [4.78, 5) is 23.6. The van der Waals surface area contributed by atoms with Gasteiger partial charge in [-0.05, 0) is 30.5 Å². The van der Waals surface area contributed by atoms with Gasteiger partial charge in [-0.3, -0.25) is 9.69 Å². The van der Waals surface area contributed by atoms with Gasteiger partial charge >= 0.3 is 0 Å². The highest BCUT2D eigenvalue weighted by atomic mass is 32.1. The quantitative estimate of drug-likeness (QED) is 0.692. The fraction of sp³-hybridized carbons (Fsp3) is 0.368. The van der Waals surface area contributed by atoms with E-state index in [1.165, 1.54) is 4.88 Å². The molecule has 3 aromatic rings. The molecule has 0 aliphatic carbocycles. The third kappa shape index (κ3) is 2.71. The minimum Gasteiger partial charge on any atom is -0.337 e. The molecule has 3 aromatic heterocycles. The molecule has 0 aromatic carbocycles. The van der Waals surface area contributed by atoms with E-state index in [-0.39, 0.29) is 11.9 Å². The van der Waals surface area contributed by atoms with Crippen LogP contribution in [-0.2, 0) is 13.1 Å². The highest BCUT2D eigenvalue weighted by molar-refractivity contribution is 7.10. The van der Waals surface area contributed by atoms with Crippen LogP contribution in [0.25, 0.3) is 0 Å². The van der Waals surface area contributed by atoms with Gasteiger partial charge in [0.2, 0.25) is 0 Å². The van der Waals surface area contributed by atoms with Crippen LogP contribution < -0.4 is 0 Å². The second-order valence-electron chi connectivity index (χ2n) is 7.00. The molecular weight excluding hydrogens is 364 g/mol. The summed E-state index contributed by atoms with van der Waals surface area (Å²) in [6.07, 6.45) is 2.06. The maximum atomic E-state index is 13.1. The Bertz CT molecular complexity index is 929. The van der Waals surface area contributed by atoms with Gasteiger partial charge < -0.3 is 9.47 Å². The molecule has 0 bridgehead atoms. The summed E-state index contributed by atoms with van der Waals surface area (Å²) in [5, 5.41) is 5.25. The number of carbonyl (C=O) groups is 1.